The molecule has 1 aliphatic rings. The van der Waals surface area contributed by atoms with E-state index in [1.54, 1.807) is 7.11 Å². The van der Waals surface area contributed by atoms with Gasteiger partial charge < -0.3 is 20.1 Å². The van der Waals surface area contributed by atoms with Crippen molar-refractivity contribution in [2.24, 2.45) is 5.92 Å². The predicted octanol–water partition coefficient (Wildman–Crippen LogP) is 2.29. The first-order chi connectivity index (χ1) is 10.5. The number of carbonyl (C=O) groups excluding carboxylic acids is 1. The molecule has 118 valence electrons. The zero-order valence-corrected chi connectivity index (χ0v) is 14.5. The fourth-order valence-corrected chi connectivity index (χ4v) is 2.75. The molecular formula is C15H17BrN2O3S. The van der Waals surface area contributed by atoms with E-state index in [9.17, 15) is 4.79 Å². The number of nitrogens with one attached hydrogen (secondary N) is 2. The van der Waals surface area contributed by atoms with Crippen molar-refractivity contribution in [1.29, 1.82) is 0 Å². The third kappa shape index (κ3) is 4.06. The van der Waals surface area contributed by atoms with Crippen molar-refractivity contribution in [1.82, 2.24) is 10.6 Å². The van der Waals surface area contributed by atoms with Crippen LogP contribution in [0.4, 0.5) is 0 Å². The Morgan fingerprint density at radius 1 is 1.36 bits per heavy atom. The van der Waals surface area contributed by atoms with E-state index in [1.165, 1.54) is 0 Å². The lowest BCUT2D eigenvalue weighted by Crippen LogP contribution is -2.51. The van der Waals surface area contributed by atoms with E-state index in [0.717, 1.165) is 10.0 Å². The van der Waals surface area contributed by atoms with E-state index in [0.29, 0.717) is 17.4 Å². The van der Waals surface area contributed by atoms with Gasteiger partial charge in [0.25, 0.3) is 0 Å². The molecule has 1 fully saturated rings. The average molecular weight is 385 g/mol. The number of hydrogen-bond donors (Lipinski definition) is 2. The van der Waals surface area contributed by atoms with E-state index >= 15 is 0 Å². The molecule has 22 heavy (non-hydrogen) atoms. The number of esters is 1. The Labute approximate surface area is 143 Å². The molecule has 1 aromatic carbocycles. The monoisotopic (exact) mass is 384 g/mol. The van der Waals surface area contributed by atoms with E-state index < -0.39 is 5.92 Å². The molecule has 2 N–H and O–H groups in total. The summed E-state index contributed by atoms with van der Waals surface area (Å²) >= 11 is 8.56. The minimum atomic E-state index is -0.565. The Balaban J connectivity index is 2.21. The lowest BCUT2D eigenvalue weighted by Gasteiger charge is -2.34. The molecule has 0 bridgehead atoms. The summed E-state index contributed by atoms with van der Waals surface area (Å²) in [6.45, 7) is 4.47. The molecule has 7 heteroatoms. The van der Waals surface area contributed by atoms with Gasteiger partial charge in [-0.15, -0.1) is 0 Å². The summed E-state index contributed by atoms with van der Waals surface area (Å²) < 4.78 is 11.1. The van der Waals surface area contributed by atoms with E-state index in [2.05, 4.69) is 33.1 Å². The van der Waals surface area contributed by atoms with Crippen LogP contribution in [0.1, 0.15) is 11.6 Å². The molecule has 1 aliphatic heterocycles. The second-order valence-electron chi connectivity index (χ2n) is 4.79. The van der Waals surface area contributed by atoms with Crippen LogP contribution in [0.25, 0.3) is 0 Å². The number of rotatable bonds is 5. The molecule has 0 amide bonds. The molecule has 1 saturated heterocycles. The van der Waals surface area contributed by atoms with Gasteiger partial charge in [0.2, 0.25) is 0 Å². The third-order valence-corrected chi connectivity index (χ3v) is 4.03. The molecule has 0 aliphatic carbocycles. The summed E-state index contributed by atoms with van der Waals surface area (Å²) in [5.41, 5.74) is 1.46. The van der Waals surface area contributed by atoms with Crippen molar-refractivity contribution < 1.29 is 14.3 Å². The third-order valence-electron chi connectivity index (χ3n) is 3.28. The largest absolute Gasteiger partial charge is 0.463 e. The minimum absolute atomic E-state index is 0.205. The fourth-order valence-electron chi connectivity index (χ4n) is 2.23. The molecule has 0 unspecified atom stereocenters. The highest BCUT2D eigenvalue weighted by Gasteiger charge is 2.37. The number of hydrogen-bond acceptors (Lipinski definition) is 4. The molecule has 2 rings (SSSR count). The molecule has 0 radical (unpaired) electrons. The molecule has 1 aromatic rings. The molecule has 1 heterocycles. The summed E-state index contributed by atoms with van der Waals surface area (Å²) in [5.74, 6) is -0.929. The first-order valence-corrected chi connectivity index (χ1v) is 7.90. The van der Waals surface area contributed by atoms with Gasteiger partial charge in [-0.2, -0.15) is 0 Å². The lowest BCUT2D eigenvalue weighted by molar-refractivity contribution is -0.149. The first-order valence-electron chi connectivity index (χ1n) is 6.70. The summed E-state index contributed by atoms with van der Waals surface area (Å²) in [4.78, 5) is 12.4. The Morgan fingerprint density at radius 3 is 2.68 bits per heavy atom. The van der Waals surface area contributed by atoms with Crippen molar-refractivity contribution in [2.45, 2.75) is 6.04 Å². The molecule has 0 spiro atoms. The van der Waals surface area contributed by atoms with Crippen LogP contribution in [0.2, 0.25) is 0 Å². The number of halogens is 1. The number of carbonyl (C=O) groups is 1. The van der Waals surface area contributed by atoms with Gasteiger partial charge in [0, 0.05) is 17.3 Å². The molecule has 2 atom stereocenters. The van der Waals surface area contributed by atoms with Crippen molar-refractivity contribution in [3.8, 4) is 0 Å². The first kappa shape index (κ1) is 16.9. The molecule has 0 aromatic heterocycles. The van der Waals surface area contributed by atoms with E-state index in [4.69, 9.17) is 21.7 Å². The van der Waals surface area contributed by atoms with Crippen LogP contribution in [0.15, 0.2) is 41.0 Å². The Morgan fingerprint density at radius 2 is 2.05 bits per heavy atom. The van der Waals surface area contributed by atoms with Crippen molar-refractivity contribution in [2.75, 3.05) is 20.3 Å². The smallest absolute Gasteiger partial charge is 0.317 e. The Kier molecular flexibility index (Phi) is 5.93. The van der Waals surface area contributed by atoms with Crippen LogP contribution < -0.4 is 10.6 Å². The van der Waals surface area contributed by atoms with Crippen molar-refractivity contribution in [3.63, 3.8) is 0 Å². The van der Waals surface area contributed by atoms with Crippen molar-refractivity contribution in [3.05, 3.63) is 46.6 Å². The van der Waals surface area contributed by atoms with Crippen LogP contribution in [0.3, 0.4) is 0 Å². The highest BCUT2D eigenvalue weighted by molar-refractivity contribution is 9.10. The van der Waals surface area contributed by atoms with Crippen LogP contribution >= 0.6 is 28.1 Å². The second kappa shape index (κ2) is 7.71. The predicted molar refractivity (Wildman–Crippen MR) is 91.2 cm³/mol. The van der Waals surface area contributed by atoms with Gasteiger partial charge in [0.1, 0.15) is 12.5 Å². The highest BCUT2D eigenvalue weighted by atomic mass is 79.9. The molecular weight excluding hydrogens is 368 g/mol. The van der Waals surface area contributed by atoms with Crippen LogP contribution in [-0.4, -0.2) is 31.4 Å². The normalized spacial score (nSPS) is 21.0. The number of methoxy groups -OCH3 is 1. The number of benzene rings is 1. The van der Waals surface area contributed by atoms with Gasteiger partial charge in [-0.05, 0) is 29.9 Å². The minimum Gasteiger partial charge on any atom is -0.463 e. The number of thiocarbonyl (C=S) groups is 1. The Bertz CT molecular complexity index is 577. The van der Waals surface area contributed by atoms with Gasteiger partial charge in [0.05, 0.1) is 12.6 Å². The summed E-state index contributed by atoms with van der Waals surface area (Å²) in [6, 6.07) is 7.37. The standard InChI is InChI=1S/C15H17BrN2O3S/c1-9-12(14(19)21-8-7-20-2)13(18-15(22)17-9)10-3-5-11(16)6-4-10/h3-6,12-13H,1,7-8H2,2H3,(H2,17,18,22)/t12-,13+/m1/s1. The zero-order valence-electron chi connectivity index (χ0n) is 12.1. The van der Waals surface area contributed by atoms with E-state index in [1.807, 2.05) is 24.3 Å². The highest BCUT2D eigenvalue weighted by Crippen LogP contribution is 2.31. The van der Waals surface area contributed by atoms with Crippen LogP contribution in [0, 0.1) is 5.92 Å². The second-order valence-corrected chi connectivity index (χ2v) is 6.11. The van der Waals surface area contributed by atoms with Crippen LogP contribution in [0.5, 0.6) is 0 Å². The summed E-state index contributed by atoms with van der Waals surface area (Å²) in [6.07, 6.45) is 0. The van der Waals surface area contributed by atoms with Crippen molar-refractivity contribution >= 4 is 39.2 Å². The fraction of sp³-hybridized carbons (Fsp3) is 0.333. The average Bonchev–Trinajstić information content (AvgIpc) is 2.47. The maximum absolute atomic E-state index is 12.4. The van der Waals surface area contributed by atoms with E-state index in [-0.39, 0.29) is 18.6 Å². The zero-order chi connectivity index (χ0) is 16.1. The van der Waals surface area contributed by atoms with Gasteiger partial charge in [-0.25, -0.2) is 0 Å². The maximum atomic E-state index is 12.4. The maximum Gasteiger partial charge on any atom is 0.317 e. The topological polar surface area (TPSA) is 59.6 Å². The number of ether oxygens (including phenoxy) is 2. The van der Waals surface area contributed by atoms with Crippen LogP contribution in [-0.2, 0) is 14.3 Å². The lowest BCUT2D eigenvalue weighted by atomic mass is 9.89. The van der Waals surface area contributed by atoms with Gasteiger partial charge in [-0.1, -0.05) is 34.6 Å². The SMILES string of the molecule is C=C1NC(=S)N[C@@H](c2ccc(Br)cc2)[C@@H]1C(=O)OCCOC. The summed E-state index contributed by atoms with van der Waals surface area (Å²) in [5, 5.41) is 6.46. The Hall–Kier alpha value is -1.44. The van der Waals surface area contributed by atoms with Gasteiger partial charge in [0.15, 0.2) is 5.11 Å². The molecule has 0 saturated carbocycles. The summed E-state index contributed by atoms with van der Waals surface area (Å²) in [7, 11) is 1.56. The quantitative estimate of drug-likeness (QED) is 0.461. The van der Waals surface area contributed by atoms with Gasteiger partial charge >= 0.3 is 5.97 Å². The molecule has 5 nitrogen and oxygen atoms in total. The van der Waals surface area contributed by atoms with Gasteiger partial charge in [-0.3, -0.25) is 4.79 Å².